The van der Waals surface area contributed by atoms with Crippen molar-refractivity contribution in [3.05, 3.63) is 39.4 Å². The summed E-state index contributed by atoms with van der Waals surface area (Å²) in [6.45, 7) is 2.09. The Morgan fingerprint density at radius 3 is 2.48 bits per heavy atom. The number of hydrogen-bond acceptors (Lipinski definition) is 4. The van der Waals surface area contributed by atoms with E-state index in [1.165, 1.54) is 0 Å². The Balaban J connectivity index is 2.17. The summed E-state index contributed by atoms with van der Waals surface area (Å²) in [5, 5.41) is 10.6. The van der Waals surface area contributed by atoms with Crippen molar-refractivity contribution < 1.29 is 23.2 Å². The van der Waals surface area contributed by atoms with Crippen LogP contribution in [0.3, 0.4) is 0 Å². The number of nitrogens with zero attached hydrogens (tertiary/aromatic N) is 1. The number of carbonyl (C=O) groups excluding carboxylic acids is 1. The van der Waals surface area contributed by atoms with E-state index in [4.69, 9.17) is 4.74 Å². The van der Waals surface area contributed by atoms with Gasteiger partial charge >= 0.3 is 11.7 Å². The molecule has 1 fully saturated rings. The fourth-order valence-electron chi connectivity index (χ4n) is 2.42. The Bertz CT molecular complexity index is 568. The monoisotopic (exact) mass is 299 g/mol. The molecule has 5 nitrogen and oxygen atoms in total. The van der Waals surface area contributed by atoms with Crippen LogP contribution in [0, 0.1) is 27.7 Å². The van der Waals surface area contributed by atoms with E-state index in [2.05, 4.69) is 6.92 Å². The molecule has 1 aliphatic carbocycles. The van der Waals surface area contributed by atoms with Crippen LogP contribution in [-0.2, 0) is 4.74 Å². The van der Waals surface area contributed by atoms with Crippen molar-refractivity contribution in [3.63, 3.8) is 0 Å². The molecule has 1 aromatic rings. The van der Waals surface area contributed by atoms with Crippen LogP contribution in [-0.4, -0.2) is 17.0 Å². The largest absolute Gasteiger partial charge is 0.459 e. The summed E-state index contributed by atoms with van der Waals surface area (Å²) in [4.78, 5) is 21.4. The third-order valence-electron chi connectivity index (χ3n) is 3.67. The first-order valence-corrected chi connectivity index (χ1v) is 6.73. The third-order valence-corrected chi connectivity index (χ3v) is 3.67. The Kier molecular flexibility index (Phi) is 4.50. The molecule has 2 rings (SSSR count). The Labute approximate surface area is 120 Å². The highest BCUT2D eigenvalue weighted by molar-refractivity contribution is 5.90. The SMILES string of the molecule is CC1CCC(OC(=O)c2cc(F)cc([N+](=O)[O-])c2F)CC1. The smallest absolute Gasteiger partial charge is 0.341 e. The molecule has 114 valence electrons. The third kappa shape index (κ3) is 3.53. The van der Waals surface area contributed by atoms with Gasteiger partial charge in [0.1, 0.15) is 17.5 Å². The molecule has 7 heteroatoms. The molecule has 1 saturated carbocycles. The van der Waals surface area contributed by atoms with E-state index < -0.39 is 33.8 Å². The van der Waals surface area contributed by atoms with Crippen molar-refractivity contribution in [1.29, 1.82) is 0 Å². The zero-order chi connectivity index (χ0) is 15.6. The molecule has 0 saturated heterocycles. The maximum absolute atomic E-state index is 13.9. The van der Waals surface area contributed by atoms with Gasteiger partial charge in [0.15, 0.2) is 0 Å². The van der Waals surface area contributed by atoms with Crippen molar-refractivity contribution >= 4 is 11.7 Å². The first-order chi connectivity index (χ1) is 9.88. The van der Waals surface area contributed by atoms with E-state index in [0.717, 1.165) is 12.8 Å². The van der Waals surface area contributed by atoms with Crippen molar-refractivity contribution in [1.82, 2.24) is 0 Å². The molecule has 1 aliphatic rings. The molecule has 0 aromatic heterocycles. The Morgan fingerprint density at radius 1 is 1.29 bits per heavy atom. The van der Waals surface area contributed by atoms with Crippen molar-refractivity contribution in [2.45, 2.75) is 38.7 Å². The average molecular weight is 299 g/mol. The minimum absolute atomic E-state index is 0.351. The van der Waals surface area contributed by atoms with Crippen LogP contribution in [0.4, 0.5) is 14.5 Å². The molecule has 0 spiro atoms. The lowest BCUT2D eigenvalue weighted by Gasteiger charge is -2.26. The molecule has 0 unspecified atom stereocenters. The standard InChI is InChI=1S/C14H15F2NO4/c1-8-2-4-10(5-3-8)21-14(18)11-6-9(15)7-12(13(11)16)17(19)20/h6-8,10H,2-5H2,1H3. The van der Waals surface area contributed by atoms with E-state index in [-0.39, 0.29) is 6.10 Å². The van der Waals surface area contributed by atoms with Gasteiger partial charge in [-0.25, -0.2) is 9.18 Å². The molecule has 1 aromatic carbocycles. The summed E-state index contributed by atoms with van der Waals surface area (Å²) in [7, 11) is 0. The van der Waals surface area contributed by atoms with Crippen molar-refractivity contribution in [2.75, 3.05) is 0 Å². The van der Waals surface area contributed by atoms with Crippen molar-refractivity contribution in [2.24, 2.45) is 5.92 Å². The summed E-state index contributed by atoms with van der Waals surface area (Å²) in [5.41, 5.74) is -1.81. The molecule has 0 radical (unpaired) electrons. The molecular weight excluding hydrogens is 284 g/mol. The zero-order valence-corrected chi connectivity index (χ0v) is 11.5. The Hall–Kier alpha value is -2.05. The van der Waals surface area contributed by atoms with Crippen molar-refractivity contribution in [3.8, 4) is 0 Å². The number of benzene rings is 1. The van der Waals surface area contributed by atoms with Crippen LogP contribution in [0.2, 0.25) is 0 Å². The molecule has 0 amide bonds. The highest BCUT2D eigenvalue weighted by atomic mass is 19.1. The highest BCUT2D eigenvalue weighted by Crippen LogP contribution is 2.28. The number of ether oxygens (including phenoxy) is 1. The summed E-state index contributed by atoms with van der Waals surface area (Å²) >= 11 is 0. The maximum atomic E-state index is 13.9. The van der Waals surface area contributed by atoms with E-state index in [9.17, 15) is 23.7 Å². The van der Waals surface area contributed by atoms with Crippen LogP contribution in [0.25, 0.3) is 0 Å². The van der Waals surface area contributed by atoms with Crippen LogP contribution in [0.15, 0.2) is 12.1 Å². The van der Waals surface area contributed by atoms with Gasteiger partial charge in [0.05, 0.1) is 11.0 Å². The number of nitro groups is 1. The predicted molar refractivity (Wildman–Crippen MR) is 69.8 cm³/mol. The minimum Gasteiger partial charge on any atom is -0.459 e. The Morgan fingerprint density at radius 2 is 1.90 bits per heavy atom. The van der Waals surface area contributed by atoms with Gasteiger partial charge in [-0.15, -0.1) is 0 Å². The van der Waals surface area contributed by atoms with E-state index >= 15 is 0 Å². The van der Waals surface area contributed by atoms with Gasteiger partial charge in [0.25, 0.3) is 0 Å². The first-order valence-electron chi connectivity index (χ1n) is 6.73. The van der Waals surface area contributed by atoms with E-state index in [1.54, 1.807) is 0 Å². The van der Waals surface area contributed by atoms with E-state index in [0.29, 0.717) is 30.9 Å². The fourth-order valence-corrected chi connectivity index (χ4v) is 2.42. The topological polar surface area (TPSA) is 69.4 Å². The van der Waals surface area contributed by atoms with E-state index in [1.807, 2.05) is 0 Å². The molecule has 0 heterocycles. The molecule has 0 bridgehead atoms. The number of hydrogen-bond donors (Lipinski definition) is 0. The predicted octanol–water partition coefficient (Wildman–Crippen LogP) is 3.61. The lowest BCUT2D eigenvalue weighted by Crippen LogP contribution is -2.24. The molecule has 0 N–H and O–H groups in total. The first kappa shape index (κ1) is 15.3. The quantitative estimate of drug-likeness (QED) is 0.485. The summed E-state index contributed by atoms with van der Waals surface area (Å²) in [6, 6.07) is 1.06. The zero-order valence-electron chi connectivity index (χ0n) is 11.5. The second-order valence-electron chi connectivity index (χ2n) is 5.33. The lowest BCUT2D eigenvalue weighted by molar-refractivity contribution is -0.387. The summed E-state index contributed by atoms with van der Waals surface area (Å²) in [6.07, 6.45) is 2.75. The molecule has 0 aliphatic heterocycles. The number of esters is 1. The number of halogens is 2. The van der Waals surface area contributed by atoms with Gasteiger partial charge in [-0.3, -0.25) is 10.1 Å². The van der Waals surface area contributed by atoms with Gasteiger partial charge in [-0.05, 0) is 37.7 Å². The highest BCUT2D eigenvalue weighted by Gasteiger charge is 2.28. The maximum Gasteiger partial charge on any atom is 0.341 e. The average Bonchev–Trinajstić information content (AvgIpc) is 2.43. The van der Waals surface area contributed by atoms with Crippen LogP contribution >= 0.6 is 0 Å². The van der Waals surface area contributed by atoms with Crippen LogP contribution in [0.5, 0.6) is 0 Å². The van der Waals surface area contributed by atoms with Crippen LogP contribution < -0.4 is 0 Å². The van der Waals surface area contributed by atoms with Gasteiger partial charge in [0.2, 0.25) is 5.82 Å². The molecular formula is C14H15F2NO4. The lowest BCUT2D eigenvalue weighted by atomic mass is 9.89. The minimum atomic E-state index is -1.37. The number of nitro benzene ring substituents is 1. The number of carbonyl (C=O) groups is 1. The van der Waals surface area contributed by atoms with Gasteiger partial charge in [0, 0.05) is 0 Å². The van der Waals surface area contributed by atoms with Gasteiger partial charge < -0.3 is 4.74 Å². The van der Waals surface area contributed by atoms with Gasteiger partial charge in [-0.1, -0.05) is 6.92 Å². The van der Waals surface area contributed by atoms with Crippen LogP contribution in [0.1, 0.15) is 43.0 Å². The number of rotatable bonds is 3. The van der Waals surface area contributed by atoms with Gasteiger partial charge in [-0.2, -0.15) is 4.39 Å². The normalized spacial score (nSPS) is 21.9. The fraction of sp³-hybridized carbons (Fsp3) is 0.500. The summed E-state index contributed by atoms with van der Waals surface area (Å²) < 4.78 is 32.3. The molecule has 21 heavy (non-hydrogen) atoms. The molecule has 0 atom stereocenters. The second-order valence-corrected chi connectivity index (χ2v) is 5.33. The summed E-state index contributed by atoms with van der Waals surface area (Å²) in [5.74, 6) is -2.93. The second kappa shape index (κ2) is 6.15.